The van der Waals surface area contributed by atoms with E-state index in [0.29, 0.717) is 12.2 Å². The van der Waals surface area contributed by atoms with Crippen LogP contribution in [0.25, 0.3) is 11.0 Å². The van der Waals surface area contributed by atoms with Gasteiger partial charge in [0.1, 0.15) is 5.82 Å². The van der Waals surface area contributed by atoms with Crippen molar-refractivity contribution in [3.05, 3.63) is 65.7 Å². The monoisotopic (exact) mass is 362 g/mol. The highest BCUT2D eigenvalue weighted by atomic mass is 19.1. The van der Waals surface area contributed by atoms with E-state index in [1.165, 1.54) is 6.07 Å². The van der Waals surface area contributed by atoms with Crippen LogP contribution in [0.2, 0.25) is 0 Å². The van der Waals surface area contributed by atoms with Crippen molar-refractivity contribution < 1.29 is 9.18 Å². The van der Waals surface area contributed by atoms with Crippen LogP contribution in [0.1, 0.15) is 17.8 Å². The maximum absolute atomic E-state index is 14.2. The number of anilines is 1. The molecule has 2 atom stereocenters. The van der Waals surface area contributed by atoms with Crippen LogP contribution < -0.4 is 4.90 Å². The van der Waals surface area contributed by atoms with Gasteiger partial charge in [-0.2, -0.15) is 0 Å². The molecular formula is C21H19FN4O. The first-order valence-electron chi connectivity index (χ1n) is 9.16. The molecule has 3 aromatic rings. The van der Waals surface area contributed by atoms with Gasteiger partial charge >= 0.3 is 0 Å². The van der Waals surface area contributed by atoms with E-state index in [2.05, 4.69) is 9.88 Å². The molecule has 0 saturated carbocycles. The van der Waals surface area contributed by atoms with Gasteiger partial charge in [-0.1, -0.05) is 24.3 Å². The lowest BCUT2D eigenvalue weighted by molar-refractivity contribution is -0.122. The van der Waals surface area contributed by atoms with Gasteiger partial charge in [-0.3, -0.25) is 9.69 Å². The number of nitrogens with zero attached hydrogens (tertiary/aromatic N) is 4. The van der Waals surface area contributed by atoms with Gasteiger partial charge in [-0.15, -0.1) is 0 Å². The average Bonchev–Trinajstić information content (AvgIpc) is 3.20. The molecule has 2 aliphatic rings. The molecule has 27 heavy (non-hydrogen) atoms. The highest BCUT2D eigenvalue weighted by molar-refractivity contribution is 6.01. The third-order valence-corrected chi connectivity index (χ3v) is 5.58. The Bertz CT molecular complexity index is 1050. The summed E-state index contributed by atoms with van der Waals surface area (Å²) in [4.78, 5) is 26.1. The number of hydrogen-bond donors (Lipinski definition) is 0. The summed E-state index contributed by atoms with van der Waals surface area (Å²) in [6.07, 6.45) is 0.729. The number of likely N-dealkylation sites (tertiary alicyclic amines) is 1. The molecule has 3 heterocycles. The number of piperazine rings is 1. The Morgan fingerprint density at radius 2 is 1.78 bits per heavy atom. The summed E-state index contributed by atoms with van der Waals surface area (Å²) in [7, 11) is 0. The van der Waals surface area contributed by atoms with Gasteiger partial charge < -0.3 is 4.90 Å². The van der Waals surface area contributed by atoms with Crippen LogP contribution >= 0.6 is 0 Å². The Morgan fingerprint density at radius 3 is 2.52 bits per heavy atom. The maximum Gasteiger partial charge on any atom is 0.244 e. The minimum atomic E-state index is -0.346. The maximum atomic E-state index is 14.2. The molecule has 0 radical (unpaired) electrons. The Hall–Kier alpha value is -2.86. The smallest absolute Gasteiger partial charge is 0.244 e. The number of rotatable bonds is 3. The van der Waals surface area contributed by atoms with Gasteiger partial charge in [0.25, 0.3) is 0 Å². The summed E-state index contributed by atoms with van der Waals surface area (Å²) < 4.78 is 14.2. The van der Waals surface area contributed by atoms with E-state index in [0.717, 1.165) is 35.4 Å². The standard InChI is InChI=1S/C21H19FN4O/c1-13-18(24-17-8-4-3-7-16(17)23-13)12-25-11-14-10-20(25)21(27)26(14)19-9-5-2-6-15(19)22/h2-9,14,20H,10-12H2,1H3/t14-,20-/m0/s1. The van der Waals surface area contributed by atoms with Gasteiger partial charge in [0.15, 0.2) is 0 Å². The third kappa shape index (κ3) is 2.59. The van der Waals surface area contributed by atoms with E-state index in [-0.39, 0.29) is 23.8 Å². The van der Waals surface area contributed by atoms with E-state index in [1.54, 1.807) is 23.1 Å². The fourth-order valence-electron chi connectivity index (χ4n) is 4.27. The molecular weight excluding hydrogens is 343 g/mol. The molecule has 1 aromatic heterocycles. The number of halogens is 1. The number of benzene rings is 2. The van der Waals surface area contributed by atoms with E-state index >= 15 is 0 Å². The zero-order chi connectivity index (χ0) is 18.5. The lowest BCUT2D eigenvalue weighted by atomic mass is 10.2. The Balaban J connectivity index is 1.40. The van der Waals surface area contributed by atoms with Crippen LogP contribution in [0.4, 0.5) is 10.1 Å². The Kier molecular flexibility index (Phi) is 3.68. The van der Waals surface area contributed by atoms with Crippen molar-refractivity contribution >= 4 is 22.6 Å². The lowest BCUT2D eigenvalue weighted by Crippen LogP contribution is -2.50. The van der Waals surface area contributed by atoms with Crippen LogP contribution in [0.5, 0.6) is 0 Å². The molecule has 2 bridgehead atoms. The zero-order valence-corrected chi connectivity index (χ0v) is 15.0. The number of fused-ring (bicyclic) bond motifs is 3. The van der Waals surface area contributed by atoms with Crippen LogP contribution in [-0.2, 0) is 11.3 Å². The number of para-hydroxylation sites is 3. The third-order valence-electron chi connectivity index (χ3n) is 5.58. The number of carbonyl (C=O) groups is 1. The number of aromatic nitrogens is 2. The first kappa shape index (κ1) is 16.3. The summed E-state index contributed by atoms with van der Waals surface area (Å²) >= 11 is 0. The summed E-state index contributed by atoms with van der Waals surface area (Å²) in [6, 6.07) is 14.1. The van der Waals surface area contributed by atoms with Gasteiger partial charge in [0.05, 0.1) is 40.2 Å². The minimum absolute atomic E-state index is 0.00752. The molecule has 0 spiro atoms. The van der Waals surface area contributed by atoms with Gasteiger partial charge in [0.2, 0.25) is 5.91 Å². The molecule has 5 nitrogen and oxygen atoms in total. The summed E-state index contributed by atoms with van der Waals surface area (Å²) in [5.74, 6) is -0.371. The van der Waals surface area contributed by atoms with Crippen LogP contribution in [0.3, 0.4) is 0 Å². The molecule has 0 N–H and O–H groups in total. The predicted octanol–water partition coefficient (Wildman–Crippen LogP) is 3.07. The molecule has 0 unspecified atom stereocenters. The van der Waals surface area contributed by atoms with Crippen molar-refractivity contribution in [2.24, 2.45) is 0 Å². The molecule has 136 valence electrons. The molecule has 0 aliphatic carbocycles. The van der Waals surface area contributed by atoms with Gasteiger partial charge in [-0.05, 0) is 37.6 Å². The summed E-state index contributed by atoms with van der Waals surface area (Å²) in [6.45, 7) is 3.26. The number of carbonyl (C=O) groups excluding carboxylic acids is 1. The van der Waals surface area contributed by atoms with Crippen molar-refractivity contribution in [1.82, 2.24) is 14.9 Å². The van der Waals surface area contributed by atoms with Crippen molar-refractivity contribution in [2.45, 2.75) is 32.0 Å². The minimum Gasteiger partial charge on any atom is -0.304 e. The quantitative estimate of drug-likeness (QED) is 0.719. The Labute approximate surface area is 156 Å². The van der Waals surface area contributed by atoms with Crippen molar-refractivity contribution in [1.29, 1.82) is 0 Å². The molecule has 1 amide bonds. The number of aryl methyl sites for hydroxylation is 1. The van der Waals surface area contributed by atoms with Crippen molar-refractivity contribution in [2.75, 3.05) is 11.4 Å². The predicted molar refractivity (Wildman–Crippen MR) is 101 cm³/mol. The summed E-state index contributed by atoms with van der Waals surface area (Å²) in [5, 5.41) is 0. The number of amides is 1. The van der Waals surface area contributed by atoms with Crippen LogP contribution in [0.15, 0.2) is 48.5 Å². The fourth-order valence-corrected chi connectivity index (χ4v) is 4.27. The normalized spacial score (nSPS) is 22.1. The molecule has 5 rings (SSSR count). The second-order valence-electron chi connectivity index (χ2n) is 7.24. The fraction of sp³-hybridized carbons (Fsp3) is 0.286. The SMILES string of the molecule is Cc1nc2ccccc2nc1CN1C[C@@H]2C[C@H]1C(=O)N2c1ccccc1F. The van der Waals surface area contributed by atoms with Gasteiger partial charge in [-0.25, -0.2) is 14.4 Å². The van der Waals surface area contributed by atoms with E-state index < -0.39 is 0 Å². The largest absolute Gasteiger partial charge is 0.304 e. The second kappa shape index (κ2) is 6.09. The molecule has 6 heteroatoms. The zero-order valence-electron chi connectivity index (χ0n) is 15.0. The number of hydrogen-bond acceptors (Lipinski definition) is 4. The van der Waals surface area contributed by atoms with Crippen LogP contribution in [0, 0.1) is 12.7 Å². The van der Waals surface area contributed by atoms with Crippen LogP contribution in [-0.4, -0.2) is 39.4 Å². The van der Waals surface area contributed by atoms with Crippen molar-refractivity contribution in [3.63, 3.8) is 0 Å². The molecule has 2 saturated heterocycles. The molecule has 2 aromatic carbocycles. The Morgan fingerprint density at radius 1 is 1.07 bits per heavy atom. The first-order chi connectivity index (χ1) is 13.1. The lowest BCUT2D eigenvalue weighted by Gasteiger charge is -2.34. The topological polar surface area (TPSA) is 49.3 Å². The van der Waals surface area contributed by atoms with E-state index in [1.807, 2.05) is 31.2 Å². The molecule has 2 fully saturated rings. The van der Waals surface area contributed by atoms with E-state index in [9.17, 15) is 9.18 Å². The first-order valence-corrected chi connectivity index (χ1v) is 9.16. The molecule has 2 aliphatic heterocycles. The summed E-state index contributed by atoms with van der Waals surface area (Å²) in [5.41, 5.74) is 3.91. The van der Waals surface area contributed by atoms with E-state index in [4.69, 9.17) is 4.98 Å². The van der Waals surface area contributed by atoms with Gasteiger partial charge in [0, 0.05) is 13.1 Å². The average molecular weight is 362 g/mol. The second-order valence-corrected chi connectivity index (χ2v) is 7.24. The van der Waals surface area contributed by atoms with Crippen molar-refractivity contribution in [3.8, 4) is 0 Å². The highest BCUT2D eigenvalue weighted by Gasteiger charge is 2.50. The highest BCUT2D eigenvalue weighted by Crippen LogP contribution is 2.37.